The standard InChI is InChI=1S/C48H72F6O11/c1-10-29(36(55)64-44(11-2)18-14-13-15-19-44)25-42(8,39(58)65-45(12-3)20-16-17-21-45)27-43(9,40(59)63-34-30-23-32-33(24-30)37(56)62-35(32)34)41(6,7)38(57)61-31(22-28(4)5)26-46(60,47(49,50)51)48(52,53)54/h28-35,60H,10-27H2,1-9H3. The second kappa shape index (κ2) is 19.1. The first kappa shape index (κ1) is 52.9. The van der Waals surface area contributed by atoms with Crippen LogP contribution in [0.4, 0.5) is 26.3 Å². The predicted octanol–water partition coefficient (Wildman–Crippen LogP) is 10.5. The summed E-state index contributed by atoms with van der Waals surface area (Å²) in [4.78, 5) is 72.0. The summed E-state index contributed by atoms with van der Waals surface area (Å²) >= 11 is 0. The Balaban J connectivity index is 1.58. The fourth-order valence-electron chi connectivity index (χ4n) is 11.6. The van der Waals surface area contributed by atoms with Crippen LogP contribution in [0.1, 0.15) is 178 Å². The fourth-order valence-corrected chi connectivity index (χ4v) is 11.6. The van der Waals surface area contributed by atoms with Crippen molar-refractivity contribution in [2.45, 2.75) is 225 Å². The molecule has 372 valence electrons. The van der Waals surface area contributed by atoms with Gasteiger partial charge in [-0.1, -0.05) is 41.0 Å². The summed E-state index contributed by atoms with van der Waals surface area (Å²) in [5.74, 6) is -6.53. The molecule has 11 nitrogen and oxygen atoms in total. The third-order valence-electron chi connectivity index (χ3n) is 16.4. The van der Waals surface area contributed by atoms with Gasteiger partial charge in [-0.3, -0.25) is 24.0 Å². The zero-order valence-electron chi connectivity index (χ0n) is 39.6. The number of halogens is 6. The van der Waals surface area contributed by atoms with Crippen LogP contribution in [0.2, 0.25) is 0 Å². The third-order valence-corrected chi connectivity index (χ3v) is 16.4. The van der Waals surface area contributed by atoms with Gasteiger partial charge in [-0.05, 0) is 136 Å². The Morgan fingerprint density at radius 1 is 0.769 bits per heavy atom. The number of hydrogen-bond acceptors (Lipinski definition) is 11. The summed E-state index contributed by atoms with van der Waals surface area (Å²) in [5.41, 5.74) is -12.9. The maximum absolute atomic E-state index is 15.2. The van der Waals surface area contributed by atoms with Crippen LogP contribution in [-0.4, -0.2) is 82.4 Å². The lowest BCUT2D eigenvalue weighted by molar-refractivity contribution is -0.374. The monoisotopic (exact) mass is 938 g/mol. The molecule has 9 atom stereocenters. The van der Waals surface area contributed by atoms with Gasteiger partial charge in [0.25, 0.3) is 5.60 Å². The van der Waals surface area contributed by atoms with Gasteiger partial charge in [0, 0.05) is 18.3 Å². The first-order valence-corrected chi connectivity index (χ1v) is 23.9. The number of carbonyl (C=O) groups is 5. The maximum Gasteiger partial charge on any atom is 0.426 e. The average Bonchev–Trinajstić information content (AvgIpc) is 3.99. The molecule has 2 bridgehead atoms. The topological polar surface area (TPSA) is 152 Å². The number of esters is 5. The molecule has 0 amide bonds. The van der Waals surface area contributed by atoms with Crippen molar-refractivity contribution in [3.8, 4) is 0 Å². The second-order valence-electron chi connectivity index (χ2n) is 21.6. The van der Waals surface area contributed by atoms with E-state index in [1.54, 1.807) is 6.92 Å². The molecule has 0 aromatic heterocycles. The fraction of sp³-hybridized carbons (Fsp3) is 0.896. The molecule has 17 heteroatoms. The van der Waals surface area contributed by atoms with Crippen molar-refractivity contribution in [3.05, 3.63) is 0 Å². The van der Waals surface area contributed by atoms with Crippen LogP contribution in [0.5, 0.6) is 0 Å². The first-order valence-electron chi connectivity index (χ1n) is 23.9. The largest absolute Gasteiger partial charge is 0.462 e. The number of alkyl halides is 6. The van der Waals surface area contributed by atoms with Crippen molar-refractivity contribution in [3.63, 3.8) is 0 Å². The van der Waals surface area contributed by atoms with Crippen molar-refractivity contribution >= 4 is 29.8 Å². The van der Waals surface area contributed by atoms with Crippen LogP contribution in [0, 0.1) is 45.8 Å². The summed E-state index contributed by atoms with van der Waals surface area (Å²) in [5, 5.41) is 10.2. The minimum absolute atomic E-state index is 0.212. The van der Waals surface area contributed by atoms with E-state index in [9.17, 15) is 45.8 Å². The highest BCUT2D eigenvalue weighted by Gasteiger charge is 2.71. The van der Waals surface area contributed by atoms with Crippen molar-refractivity contribution < 1.29 is 79.1 Å². The SMILES string of the molecule is CCC(CC(C)(CC(C)(C(=O)OC1C2CC3C(=O)OC1C3C2)C(C)(C)C(=O)OC(CC(C)C)CC(O)(C(F)(F)F)C(F)(F)F)C(=O)OC1(CC)CCCC1)C(=O)OC1(CC)CCCCC1. The molecule has 0 aromatic carbocycles. The van der Waals surface area contributed by atoms with E-state index in [-0.39, 0.29) is 30.6 Å². The zero-order chi connectivity index (χ0) is 48.8. The summed E-state index contributed by atoms with van der Waals surface area (Å²) in [6.07, 6.45) is -10.7. The van der Waals surface area contributed by atoms with E-state index in [1.807, 2.05) is 13.8 Å². The van der Waals surface area contributed by atoms with Gasteiger partial charge in [0.2, 0.25) is 0 Å². The van der Waals surface area contributed by atoms with Gasteiger partial charge < -0.3 is 28.8 Å². The number of carbonyl (C=O) groups excluding carboxylic acids is 5. The highest BCUT2D eigenvalue weighted by molar-refractivity contribution is 5.89. The molecule has 5 rings (SSSR count). The zero-order valence-corrected chi connectivity index (χ0v) is 39.6. The molecule has 5 fully saturated rings. The van der Waals surface area contributed by atoms with Gasteiger partial charge in [-0.2, -0.15) is 26.3 Å². The molecule has 0 radical (unpaired) electrons. The normalized spacial score (nSPS) is 27.9. The van der Waals surface area contributed by atoms with E-state index in [0.717, 1.165) is 32.1 Å². The molecule has 0 spiro atoms. The highest BCUT2D eigenvalue weighted by Crippen LogP contribution is 2.58. The lowest BCUT2D eigenvalue weighted by Crippen LogP contribution is -2.59. The number of ether oxygens (including phenoxy) is 5. The Morgan fingerprint density at radius 2 is 1.31 bits per heavy atom. The first-order chi connectivity index (χ1) is 30.0. The molecule has 1 aliphatic heterocycles. The third kappa shape index (κ3) is 10.3. The van der Waals surface area contributed by atoms with Crippen LogP contribution < -0.4 is 0 Å². The Morgan fingerprint density at radius 3 is 1.82 bits per heavy atom. The summed E-state index contributed by atoms with van der Waals surface area (Å²) in [6, 6.07) is 0. The quantitative estimate of drug-likeness (QED) is 0.0705. The molecule has 4 saturated carbocycles. The minimum atomic E-state index is -6.20. The van der Waals surface area contributed by atoms with Crippen molar-refractivity contribution in [2.24, 2.45) is 45.8 Å². The van der Waals surface area contributed by atoms with E-state index >= 15 is 9.59 Å². The average molecular weight is 939 g/mol. The molecule has 1 N–H and O–H groups in total. The Hall–Kier alpha value is -3.11. The van der Waals surface area contributed by atoms with Gasteiger partial charge in [0.1, 0.15) is 29.5 Å². The van der Waals surface area contributed by atoms with Gasteiger partial charge >= 0.3 is 42.2 Å². The highest BCUT2D eigenvalue weighted by atomic mass is 19.4. The second-order valence-corrected chi connectivity index (χ2v) is 21.6. The van der Waals surface area contributed by atoms with Crippen LogP contribution in [-0.2, 0) is 47.7 Å². The molecular formula is C48H72F6O11. The molecule has 1 heterocycles. The molecule has 4 aliphatic carbocycles. The van der Waals surface area contributed by atoms with Crippen molar-refractivity contribution in [2.75, 3.05) is 0 Å². The molecule has 1 saturated heterocycles. The maximum atomic E-state index is 15.2. The van der Waals surface area contributed by atoms with Gasteiger partial charge in [0.15, 0.2) is 0 Å². The smallest absolute Gasteiger partial charge is 0.426 e. The van der Waals surface area contributed by atoms with Gasteiger partial charge in [0.05, 0.1) is 28.1 Å². The van der Waals surface area contributed by atoms with Crippen LogP contribution >= 0.6 is 0 Å². The van der Waals surface area contributed by atoms with Crippen LogP contribution in [0.25, 0.3) is 0 Å². The lowest BCUT2D eigenvalue weighted by atomic mass is 9.58. The number of rotatable bonds is 20. The molecule has 0 aromatic rings. The number of hydrogen-bond donors (Lipinski definition) is 1. The molecular weight excluding hydrogens is 867 g/mol. The number of aliphatic hydroxyl groups is 1. The summed E-state index contributed by atoms with van der Waals surface area (Å²) < 4.78 is 115. The lowest BCUT2D eigenvalue weighted by Gasteiger charge is -2.47. The Labute approximate surface area is 379 Å². The van der Waals surface area contributed by atoms with Crippen molar-refractivity contribution in [1.29, 1.82) is 0 Å². The van der Waals surface area contributed by atoms with Gasteiger partial charge in [-0.15, -0.1) is 0 Å². The predicted molar refractivity (Wildman–Crippen MR) is 223 cm³/mol. The van der Waals surface area contributed by atoms with E-state index in [2.05, 4.69) is 0 Å². The van der Waals surface area contributed by atoms with Crippen molar-refractivity contribution in [1.82, 2.24) is 0 Å². The van der Waals surface area contributed by atoms with E-state index in [1.165, 1.54) is 41.5 Å². The minimum Gasteiger partial charge on any atom is -0.462 e. The number of fused-ring (bicyclic) bond motifs is 1. The summed E-state index contributed by atoms with van der Waals surface area (Å²) in [7, 11) is 0. The van der Waals surface area contributed by atoms with Crippen LogP contribution in [0.3, 0.4) is 0 Å². The van der Waals surface area contributed by atoms with Crippen LogP contribution in [0.15, 0.2) is 0 Å². The van der Waals surface area contributed by atoms with E-state index < -0.39 is 125 Å². The van der Waals surface area contributed by atoms with Gasteiger partial charge in [-0.25, -0.2) is 0 Å². The molecule has 5 aliphatic rings. The van der Waals surface area contributed by atoms with E-state index in [4.69, 9.17) is 23.7 Å². The Kier molecular flexibility index (Phi) is 15.5. The molecule has 9 unspecified atom stereocenters. The van der Waals surface area contributed by atoms with E-state index in [0.29, 0.717) is 51.4 Å². The summed E-state index contributed by atoms with van der Waals surface area (Å²) in [6.45, 7) is 13.9. The Bertz CT molecular complexity index is 1730. The molecule has 65 heavy (non-hydrogen) atoms.